The summed E-state index contributed by atoms with van der Waals surface area (Å²) in [5, 5.41) is 0.553. The van der Waals surface area contributed by atoms with Crippen LogP contribution in [0.1, 0.15) is 28.3 Å². The first kappa shape index (κ1) is 18.3. The topological polar surface area (TPSA) is 39.1 Å². The summed E-state index contributed by atoms with van der Waals surface area (Å²) in [6, 6.07) is 21.6. The number of benzene rings is 2. The Morgan fingerprint density at radius 2 is 1.66 bits per heavy atom. The zero-order chi connectivity index (χ0) is 20.0. The second-order valence-corrected chi connectivity index (χ2v) is 9.47. The van der Waals surface area contributed by atoms with Gasteiger partial charge in [0.25, 0.3) is 0 Å². The quantitative estimate of drug-likeness (QED) is 0.563. The third kappa shape index (κ3) is 3.12. The first-order chi connectivity index (χ1) is 14.1. The lowest BCUT2D eigenvalue weighted by Gasteiger charge is -2.28. The molecule has 5 rings (SSSR count). The normalized spacial score (nSPS) is 26.0. The molecule has 2 aromatic carbocycles. The van der Waals surface area contributed by atoms with Crippen LogP contribution in [0.2, 0.25) is 0 Å². The highest BCUT2D eigenvalue weighted by Crippen LogP contribution is 2.53. The van der Waals surface area contributed by atoms with E-state index in [4.69, 9.17) is 0 Å². The Bertz CT molecular complexity index is 1100. The molecule has 3 nitrogen and oxygen atoms in total. The van der Waals surface area contributed by atoms with E-state index < -0.39 is 10.8 Å². The molecule has 0 radical (unpaired) electrons. The van der Waals surface area contributed by atoms with Gasteiger partial charge >= 0.3 is 0 Å². The van der Waals surface area contributed by atoms with Gasteiger partial charge in [-0.05, 0) is 55.0 Å². The highest BCUT2D eigenvalue weighted by atomic mass is 32.2. The molecule has 5 atom stereocenters. The number of aromatic nitrogens is 1. The molecular weight excluding hydrogens is 378 g/mol. The zero-order valence-electron chi connectivity index (χ0n) is 16.3. The van der Waals surface area contributed by atoms with Crippen molar-refractivity contribution in [2.24, 2.45) is 17.8 Å². The fourth-order valence-corrected chi connectivity index (χ4v) is 6.09. The third-order valence-electron chi connectivity index (χ3n) is 6.30. The Labute approximate surface area is 173 Å². The fourth-order valence-electron chi connectivity index (χ4n) is 4.93. The molecule has 1 unspecified atom stereocenters. The molecule has 0 spiro atoms. The van der Waals surface area contributed by atoms with Crippen molar-refractivity contribution in [3.8, 4) is 0 Å². The number of hydrogen-bond acceptors (Lipinski definition) is 2. The maximum atomic E-state index is 13.7. The van der Waals surface area contributed by atoms with E-state index in [0.717, 1.165) is 16.9 Å². The van der Waals surface area contributed by atoms with Crippen LogP contribution in [0.3, 0.4) is 0 Å². The minimum atomic E-state index is -1.39. The van der Waals surface area contributed by atoms with Crippen LogP contribution < -0.4 is 0 Å². The number of hydrogen-bond donors (Lipinski definition) is 0. The summed E-state index contributed by atoms with van der Waals surface area (Å²) >= 11 is 0. The highest BCUT2D eigenvalue weighted by Gasteiger charge is 2.49. The van der Waals surface area contributed by atoms with Gasteiger partial charge in [0, 0.05) is 17.0 Å². The predicted octanol–water partition coefficient (Wildman–Crippen LogP) is 5.21. The van der Waals surface area contributed by atoms with Crippen molar-refractivity contribution in [3.63, 3.8) is 0 Å². The van der Waals surface area contributed by atoms with Crippen LogP contribution in [0.25, 0.3) is 0 Å². The molecule has 146 valence electrons. The number of rotatable bonds is 4. The smallest absolute Gasteiger partial charge is 0.235 e. The lowest BCUT2D eigenvalue weighted by molar-refractivity contribution is 0.0788. The Balaban J connectivity index is 1.50. The molecule has 1 saturated carbocycles. The minimum absolute atomic E-state index is 0.0520. The van der Waals surface area contributed by atoms with Crippen molar-refractivity contribution in [1.29, 1.82) is 0 Å². The Morgan fingerprint density at radius 3 is 2.41 bits per heavy atom. The molecule has 29 heavy (non-hydrogen) atoms. The first-order valence-electron chi connectivity index (χ1n) is 10.1. The third-order valence-corrected chi connectivity index (χ3v) is 7.72. The van der Waals surface area contributed by atoms with Gasteiger partial charge in [-0.15, -0.1) is 0 Å². The highest BCUT2D eigenvalue weighted by molar-refractivity contribution is 7.85. The van der Waals surface area contributed by atoms with Gasteiger partial charge in [0.05, 0.1) is 5.92 Å². The molecule has 0 amide bonds. The molecule has 1 fully saturated rings. The van der Waals surface area contributed by atoms with Gasteiger partial charge in [-0.25, -0.2) is 4.21 Å². The van der Waals surface area contributed by atoms with E-state index in [1.807, 2.05) is 55.5 Å². The van der Waals surface area contributed by atoms with Crippen LogP contribution in [0.4, 0.5) is 0 Å². The Morgan fingerprint density at radius 1 is 0.931 bits per heavy atom. The lowest BCUT2D eigenvalue weighted by Crippen LogP contribution is -2.31. The number of aryl methyl sites for hydroxylation is 1. The Hall–Kier alpha value is -2.72. The summed E-state index contributed by atoms with van der Waals surface area (Å²) in [7, 11) is -1.39. The van der Waals surface area contributed by atoms with Crippen molar-refractivity contribution < 1.29 is 9.00 Å². The molecule has 4 heteroatoms. The van der Waals surface area contributed by atoms with Gasteiger partial charge in [0.1, 0.15) is 15.8 Å². The second-order valence-electron chi connectivity index (χ2n) is 8.05. The number of fused-ring (bicyclic) bond motifs is 2. The van der Waals surface area contributed by atoms with Crippen LogP contribution in [0.15, 0.2) is 95.0 Å². The van der Waals surface area contributed by atoms with Crippen LogP contribution in [0.5, 0.6) is 0 Å². The maximum Gasteiger partial charge on any atom is 0.235 e. The van der Waals surface area contributed by atoms with Gasteiger partial charge in [0.15, 0.2) is 0 Å². The van der Waals surface area contributed by atoms with E-state index in [0.29, 0.717) is 10.9 Å². The van der Waals surface area contributed by atoms with Crippen LogP contribution in [-0.4, -0.2) is 14.7 Å². The molecule has 1 aromatic heterocycles. The summed E-state index contributed by atoms with van der Waals surface area (Å²) in [6.45, 7) is 2.01. The average molecular weight is 402 g/mol. The minimum Gasteiger partial charge on any atom is -0.279 e. The van der Waals surface area contributed by atoms with E-state index in [9.17, 15) is 9.00 Å². The number of allylic oxidation sites excluding steroid dienone is 2. The van der Waals surface area contributed by atoms with E-state index in [1.54, 1.807) is 16.8 Å². The summed E-state index contributed by atoms with van der Waals surface area (Å²) in [4.78, 5) is 14.4. The number of carbonyl (C=O) groups excluding carboxylic acids is 1. The van der Waals surface area contributed by atoms with Crippen LogP contribution >= 0.6 is 0 Å². The summed E-state index contributed by atoms with van der Waals surface area (Å²) in [5.74, 6) is 0.769. The summed E-state index contributed by atoms with van der Waals surface area (Å²) in [5.41, 5.74) is 2.34. The van der Waals surface area contributed by atoms with Crippen molar-refractivity contribution >= 4 is 16.7 Å². The van der Waals surface area contributed by atoms with E-state index in [-0.39, 0.29) is 23.7 Å². The van der Waals surface area contributed by atoms with Crippen LogP contribution in [0, 0.1) is 24.7 Å². The zero-order valence-corrected chi connectivity index (χ0v) is 17.1. The summed E-state index contributed by atoms with van der Waals surface area (Å²) in [6.07, 6.45) is 7.26. The molecule has 0 aliphatic heterocycles. The molecule has 2 bridgehead atoms. The van der Waals surface area contributed by atoms with Crippen molar-refractivity contribution in [2.45, 2.75) is 29.2 Å². The van der Waals surface area contributed by atoms with E-state index >= 15 is 0 Å². The molecule has 2 aliphatic rings. The van der Waals surface area contributed by atoms with E-state index in [2.05, 4.69) is 24.3 Å². The van der Waals surface area contributed by atoms with E-state index in [1.165, 1.54) is 5.56 Å². The average Bonchev–Trinajstić information content (AvgIpc) is 3.49. The predicted molar refractivity (Wildman–Crippen MR) is 114 cm³/mol. The fraction of sp³-hybridized carbons (Fsp3) is 0.240. The van der Waals surface area contributed by atoms with Gasteiger partial charge in [0.2, 0.25) is 5.91 Å². The molecular formula is C25H23NO2S. The van der Waals surface area contributed by atoms with Crippen molar-refractivity contribution in [1.82, 2.24) is 4.57 Å². The lowest BCUT2D eigenvalue weighted by atomic mass is 9.78. The van der Waals surface area contributed by atoms with Gasteiger partial charge in [-0.1, -0.05) is 60.2 Å². The van der Waals surface area contributed by atoms with Crippen LogP contribution in [-0.2, 0) is 10.8 Å². The SMILES string of the molecule is Cc1ccc(S(=O)c2cccn2C(=O)[C@@H]2[C@@H](c3ccccc3)[C@@H]3C=C[C@H]2C3)cc1. The maximum absolute atomic E-state index is 13.7. The molecule has 3 aromatic rings. The molecule has 2 aliphatic carbocycles. The molecule has 0 N–H and O–H groups in total. The number of nitrogens with zero attached hydrogens (tertiary/aromatic N) is 1. The monoisotopic (exact) mass is 401 g/mol. The largest absolute Gasteiger partial charge is 0.279 e. The standard InChI is InChI=1S/C25H23NO2S/c1-17-9-13-21(14-10-17)29(28)22-8-5-15-26(22)25(27)24-20-12-11-19(16-20)23(24)18-6-3-2-4-7-18/h2-15,19-20,23-24H,16H2,1H3/t19-,20+,23+,24+,29?/m1/s1. The van der Waals surface area contributed by atoms with Gasteiger partial charge in [-0.3, -0.25) is 9.36 Å². The molecule has 1 heterocycles. The Kier molecular flexibility index (Phi) is 4.59. The van der Waals surface area contributed by atoms with Gasteiger partial charge in [-0.2, -0.15) is 0 Å². The second kappa shape index (κ2) is 7.27. The number of carbonyl (C=O) groups is 1. The first-order valence-corrected chi connectivity index (χ1v) is 11.2. The molecule has 0 saturated heterocycles. The van der Waals surface area contributed by atoms with Crippen molar-refractivity contribution in [2.75, 3.05) is 0 Å². The van der Waals surface area contributed by atoms with Gasteiger partial charge < -0.3 is 0 Å². The van der Waals surface area contributed by atoms with Crippen molar-refractivity contribution in [3.05, 3.63) is 96.2 Å². The summed E-state index contributed by atoms with van der Waals surface area (Å²) < 4.78 is 14.8.